The number of halogens is 1. The molecule has 1 heterocycles. The van der Waals surface area contributed by atoms with Crippen LogP contribution in [0.4, 0.5) is 0 Å². The zero-order valence-corrected chi connectivity index (χ0v) is 15.5. The number of benzene rings is 1. The van der Waals surface area contributed by atoms with Gasteiger partial charge < -0.3 is 10.1 Å². The lowest BCUT2D eigenvalue weighted by Gasteiger charge is -2.31. The van der Waals surface area contributed by atoms with Gasteiger partial charge in [-0.1, -0.05) is 18.5 Å². The summed E-state index contributed by atoms with van der Waals surface area (Å²) in [6.07, 6.45) is 1.58. The van der Waals surface area contributed by atoms with Crippen LogP contribution in [0.15, 0.2) is 23.1 Å². The molecular formula is C16H23ClN2O4S. The Morgan fingerprint density at radius 2 is 2.04 bits per heavy atom. The number of ether oxygens (including phenoxy) is 1. The molecule has 24 heavy (non-hydrogen) atoms. The number of hydrogen-bond acceptors (Lipinski definition) is 5. The molecule has 0 aromatic heterocycles. The molecule has 0 spiro atoms. The first-order valence-corrected chi connectivity index (χ1v) is 9.80. The van der Waals surface area contributed by atoms with Crippen LogP contribution in [0.5, 0.6) is 0 Å². The quantitative estimate of drug-likeness (QED) is 0.772. The fraction of sp³-hybridized carbons (Fsp3) is 0.562. The van der Waals surface area contributed by atoms with Gasteiger partial charge >= 0.3 is 5.97 Å². The smallest absolute Gasteiger partial charge is 0.339 e. The maximum atomic E-state index is 12.9. The Balaban J connectivity index is 2.22. The average molecular weight is 375 g/mol. The maximum Gasteiger partial charge on any atom is 0.339 e. The molecule has 134 valence electrons. The van der Waals surface area contributed by atoms with Gasteiger partial charge in [0.1, 0.15) is 0 Å². The minimum atomic E-state index is -3.79. The number of piperidine rings is 1. The van der Waals surface area contributed by atoms with E-state index in [1.165, 1.54) is 29.6 Å². The monoisotopic (exact) mass is 374 g/mol. The van der Waals surface area contributed by atoms with Crippen molar-refractivity contribution >= 4 is 27.6 Å². The zero-order valence-electron chi connectivity index (χ0n) is 13.9. The third-order valence-electron chi connectivity index (χ3n) is 4.22. The highest BCUT2D eigenvalue weighted by Crippen LogP contribution is 2.28. The van der Waals surface area contributed by atoms with Crippen molar-refractivity contribution in [3.8, 4) is 0 Å². The van der Waals surface area contributed by atoms with E-state index in [0.717, 1.165) is 25.9 Å². The second-order valence-corrected chi connectivity index (χ2v) is 8.13. The van der Waals surface area contributed by atoms with Crippen molar-refractivity contribution in [1.29, 1.82) is 0 Å². The summed E-state index contributed by atoms with van der Waals surface area (Å²) in [4.78, 5) is 11.8. The summed E-state index contributed by atoms with van der Waals surface area (Å²) >= 11 is 5.95. The van der Waals surface area contributed by atoms with Gasteiger partial charge in [0, 0.05) is 18.1 Å². The molecule has 1 aromatic carbocycles. The molecule has 0 aliphatic carbocycles. The van der Waals surface area contributed by atoms with E-state index >= 15 is 0 Å². The molecule has 6 nitrogen and oxygen atoms in total. The molecule has 0 amide bonds. The van der Waals surface area contributed by atoms with Crippen LogP contribution >= 0.6 is 11.6 Å². The van der Waals surface area contributed by atoms with Crippen molar-refractivity contribution in [1.82, 2.24) is 9.62 Å². The van der Waals surface area contributed by atoms with Crippen molar-refractivity contribution in [3.05, 3.63) is 28.8 Å². The summed E-state index contributed by atoms with van der Waals surface area (Å²) in [5.41, 5.74) is 0.0108. The number of methoxy groups -OCH3 is 1. The van der Waals surface area contributed by atoms with Crippen LogP contribution in [0.1, 0.15) is 30.1 Å². The Morgan fingerprint density at radius 1 is 1.38 bits per heavy atom. The van der Waals surface area contributed by atoms with Gasteiger partial charge in [0.25, 0.3) is 0 Å². The second-order valence-electron chi connectivity index (χ2n) is 5.79. The van der Waals surface area contributed by atoms with Crippen molar-refractivity contribution < 1.29 is 17.9 Å². The molecule has 0 radical (unpaired) electrons. The average Bonchev–Trinajstić information content (AvgIpc) is 2.59. The molecule has 1 aliphatic rings. The van der Waals surface area contributed by atoms with Gasteiger partial charge in [0.05, 0.1) is 17.6 Å². The Kier molecular flexibility index (Phi) is 6.62. The van der Waals surface area contributed by atoms with Gasteiger partial charge in [-0.3, -0.25) is 0 Å². The first-order chi connectivity index (χ1) is 11.4. The van der Waals surface area contributed by atoms with Gasteiger partial charge in [0.2, 0.25) is 10.0 Å². The van der Waals surface area contributed by atoms with E-state index in [4.69, 9.17) is 11.6 Å². The second kappa shape index (κ2) is 8.29. The number of sulfonamides is 1. The Bertz CT molecular complexity index is 685. The van der Waals surface area contributed by atoms with E-state index in [1.54, 1.807) is 0 Å². The first-order valence-electron chi connectivity index (χ1n) is 7.98. The lowest BCUT2D eigenvalue weighted by molar-refractivity contribution is 0.0596. The van der Waals surface area contributed by atoms with Gasteiger partial charge in [-0.05, 0) is 50.0 Å². The number of rotatable bonds is 6. The van der Waals surface area contributed by atoms with Crippen molar-refractivity contribution in [2.45, 2.75) is 24.7 Å². The van der Waals surface area contributed by atoms with E-state index in [-0.39, 0.29) is 15.5 Å². The number of carbonyl (C=O) groups excluding carboxylic acids is 1. The zero-order chi connectivity index (χ0) is 17.7. The SMILES string of the molecule is CCNCC1CCN(S(=O)(=O)c2cc(Cl)ccc2C(=O)OC)CC1. The fourth-order valence-corrected chi connectivity index (χ4v) is 4.74. The summed E-state index contributed by atoms with van der Waals surface area (Å²) in [5.74, 6) is -0.219. The van der Waals surface area contributed by atoms with Gasteiger partial charge in [-0.15, -0.1) is 0 Å². The van der Waals surface area contributed by atoms with Crippen LogP contribution in [-0.4, -0.2) is 52.0 Å². The van der Waals surface area contributed by atoms with Crippen LogP contribution in [0.25, 0.3) is 0 Å². The highest BCUT2D eigenvalue weighted by atomic mass is 35.5. The number of esters is 1. The summed E-state index contributed by atoms with van der Waals surface area (Å²) < 4.78 is 32.0. The summed E-state index contributed by atoms with van der Waals surface area (Å²) in [6.45, 7) is 4.72. The fourth-order valence-electron chi connectivity index (χ4n) is 2.83. The lowest BCUT2D eigenvalue weighted by Crippen LogP contribution is -2.41. The van der Waals surface area contributed by atoms with Gasteiger partial charge in [0.15, 0.2) is 0 Å². The van der Waals surface area contributed by atoms with E-state index in [9.17, 15) is 13.2 Å². The molecule has 1 fully saturated rings. The van der Waals surface area contributed by atoms with Crippen LogP contribution < -0.4 is 5.32 Å². The molecule has 0 saturated carbocycles. The number of carbonyl (C=O) groups is 1. The molecule has 1 N–H and O–H groups in total. The van der Waals surface area contributed by atoms with E-state index < -0.39 is 16.0 Å². The van der Waals surface area contributed by atoms with E-state index in [2.05, 4.69) is 10.1 Å². The largest absolute Gasteiger partial charge is 0.465 e. The van der Waals surface area contributed by atoms with E-state index in [1.807, 2.05) is 6.92 Å². The summed E-state index contributed by atoms with van der Waals surface area (Å²) in [5, 5.41) is 3.56. The molecular weight excluding hydrogens is 352 g/mol. The molecule has 0 bridgehead atoms. The molecule has 8 heteroatoms. The number of hydrogen-bond donors (Lipinski definition) is 1. The lowest BCUT2D eigenvalue weighted by atomic mass is 9.98. The standard InChI is InChI=1S/C16H23ClN2O4S/c1-3-18-11-12-6-8-19(9-7-12)24(21,22)15-10-13(17)4-5-14(15)16(20)23-2/h4-5,10,12,18H,3,6-9,11H2,1-2H3. The molecule has 0 unspecified atom stereocenters. The van der Waals surface area contributed by atoms with Crippen LogP contribution in [0.3, 0.4) is 0 Å². The third-order valence-corrected chi connectivity index (χ3v) is 6.40. The number of nitrogens with one attached hydrogen (secondary N) is 1. The predicted octanol–water partition coefficient (Wildman–Crippen LogP) is 2.14. The van der Waals surface area contributed by atoms with E-state index in [0.29, 0.717) is 19.0 Å². The Morgan fingerprint density at radius 3 is 2.62 bits per heavy atom. The normalized spacial score (nSPS) is 17.0. The number of nitrogens with zero attached hydrogens (tertiary/aromatic N) is 1. The Labute approximate surface area is 148 Å². The van der Waals surface area contributed by atoms with Crippen molar-refractivity contribution in [2.24, 2.45) is 5.92 Å². The molecule has 2 rings (SSSR count). The summed E-state index contributed by atoms with van der Waals surface area (Å²) in [6, 6.07) is 4.18. The van der Waals surface area contributed by atoms with Crippen LogP contribution in [-0.2, 0) is 14.8 Å². The highest BCUT2D eigenvalue weighted by molar-refractivity contribution is 7.89. The first kappa shape index (κ1) is 19.2. The topological polar surface area (TPSA) is 75.7 Å². The summed E-state index contributed by atoms with van der Waals surface area (Å²) in [7, 11) is -2.56. The minimum Gasteiger partial charge on any atom is -0.465 e. The molecule has 1 saturated heterocycles. The maximum absolute atomic E-state index is 12.9. The molecule has 1 aliphatic heterocycles. The van der Waals surface area contributed by atoms with Crippen molar-refractivity contribution in [3.63, 3.8) is 0 Å². The van der Waals surface area contributed by atoms with Crippen LogP contribution in [0.2, 0.25) is 5.02 Å². The minimum absolute atomic E-state index is 0.0108. The highest BCUT2D eigenvalue weighted by Gasteiger charge is 2.32. The van der Waals surface area contributed by atoms with Gasteiger partial charge in [-0.25, -0.2) is 13.2 Å². The van der Waals surface area contributed by atoms with Crippen molar-refractivity contribution in [2.75, 3.05) is 33.3 Å². The molecule has 1 aromatic rings. The van der Waals surface area contributed by atoms with Gasteiger partial charge in [-0.2, -0.15) is 4.31 Å². The predicted molar refractivity (Wildman–Crippen MR) is 92.8 cm³/mol. The molecule has 0 atom stereocenters. The van der Waals surface area contributed by atoms with Crippen LogP contribution in [0, 0.1) is 5.92 Å². The Hall–Kier alpha value is -1.15. The third kappa shape index (κ3) is 4.27.